The highest BCUT2D eigenvalue weighted by molar-refractivity contribution is 4.87. The van der Waals surface area contributed by atoms with Crippen LogP contribution >= 0.6 is 0 Å². The maximum atomic E-state index is 5.94. The van der Waals surface area contributed by atoms with Crippen LogP contribution in [0.1, 0.15) is 46.0 Å². The normalized spacial score (nSPS) is 26.5. The van der Waals surface area contributed by atoms with Gasteiger partial charge in [-0.25, -0.2) is 0 Å². The molecule has 0 unspecified atom stereocenters. The summed E-state index contributed by atoms with van der Waals surface area (Å²) >= 11 is 0. The third kappa shape index (κ3) is 3.94. The SMILES string of the molecule is CC1(C)CCCN1CCCOC1CCNCC1. The highest BCUT2D eigenvalue weighted by Crippen LogP contribution is 2.27. The van der Waals surface area contributed by atoms with E-state index < -0.39 is 0 Å². The van der Waals surface area contributed by atoms with E-state index in [9.17, 15) is 0 Å². The van der Waals surface area contributed by atoms with Crippen molar-refractivity contribution in [3.63, 3.8) is 0 Å². The molecule has 2 aliphatic rings. The van der Waals surface area contributed by atoms with Gasteiger partial charge < -0.3 is 10.1 Å². The number of likely N-dealkylation sites (tertiary alicyclic amines) is 1. The molecule has 0 amide bonds. The van der Waals surface area contributed by atoms with Crippen molar-refractivity contribution in [1.82, 2.24) is 10.2 Å². The fourth-order valence-electron chi connectivity index (χ4n) is 3.05. The molecule has 0 spiro atoms. The molecule has 0 aromatic heterocycles. The summed E-state index contributed by atoms with van der Waals surface area (Å²) < 4.78 is 5.94. The molecule has 2 saturated heterocycles. The standard InChI is InChI=1S/C14H28N2O/c1-14(2)7-3-10-16(14)11-4-12-17-13-5-8-15-9-6-13/h13,15H,3-12H2,1-2H3. The predicted octanol–water partition coefficient (Wildman–Crippen LogP) is 2.02. The lowest BCUT2D eigenvalue weighted by Crippen LogP contribution is -2.39. The first-order valence-electron chi connectivity index (χ1n) is 7.26. The second-order valence-electron chi connectivity index (χ2n) is 6.08. The fourth-order valence-corrected chi connectivity index (χ4v) is 3.05. The van der Waals surface area contributed by atoms with E-state index in [0.29, 0.717) is 11.6 Å². The summed E-state index contributed by atoms with van der Waals surface area (Å²) in [5.74, 6) is 0. The summed E-state index contributed by atoms with van der Waals surface area (Å²) in [7, 11) is 0. The van der Waals surface area contributed by atoms with Gasteiger partial charge in [0, 0.05) is 18.7 Å². The van der Waals surface area contributed by atoms with E-state index in [2.05, 4.69) is 24.1 Å². The van der Waals surface area contributed by atoms with Gasteiger partial charge >= 0.3 is 0 Å². The Bertz CT molecular complexity index is 224. The van der Waals surface area contributed by atoms with Crippen molar-refractivity contribution in [3.8, 4) is 0 Å². The largest absolute Gasteiger partial charge is 0.378 e. The molecule has 0 radical (unpaired) electrons. The molecule has 3 heteroatoms. The van der Waals surface area contributed by atoms with Crippen LogP contribution in [0.4, 0.5) is 0 Å². The van der Waals surface area contributed by atoms with Gasteiger partial charge in [-0.05, 0) is 65.6 Å². The zero-order valence-corrected chi connectivity index (χ0v) is 11.5. The van der Waals surface area contributed by atoms with E-state index in [-0.39, 0.29) is 0 Å². The van der Waals surface area contributed by atoms with E-state index >= 15 is 0 Å². The number of piperidine rings is 1. The highest BCUT2D eigenvalue weighted by Gasteiger charge is 2.30. The van der Waals surface area contributed by atoms with Gasteiger partial charge in [-0.2, -0.15) is 0 Å². The van der Waals surface area contributed by atoms with Gasteiger partial charge in [-0.1, -0.05) is 0 Å². The van der Waals surface area contributed by atoms with Gasteiger partial charge in [0.2, 0.25) is 0 Å². The molecule has 0 atom stereocenters. The molecule has 0 aromatic carbocycles. The van der Waals surface area contributed by atoms with Crippen molar-refractivity contribution in [3.05, 3.63) is 0 Å². The lowest BCUT2D eigenvalue weighted by Gasteiger charge is -2.31. The van der Waals surface area contributed by atoms with Crippen molar-refractivity contribution in [2.45, 2.75) is 57.6 Å². The number of ether oxygens (including phenoxy) is 1. The number of nitrogens with one attached hydrogen (secondary N) is 1. The molecule has 0 aliphatic carbocycles. The Hall–Kier alpha value is -0.120. The Kier molecular flexibility index (Phi) is 4.83. The third-order valence-corrected chi connectivity index (χ3v) is 4.28. The molecular weight excluding hydrogens is 212 g/mol. The van der Waals surface area contributed by atoms with Crippen LogP contribution in [0.25, 0.3) is 0 Å². The van der Waals surface area contributed by atoms with Crippen LogP contribution in [-0.2, 0) is 4.74 Å². The van der Waals surface area contributed by atoms with E-state index in [1.165, 1.54) is 45.2 Å². The molecule has 0 bridgehead atoms. The first-order valence-corrected chi connectivity index (χ1v) is 7.26. The molecule has 2 aliphatic heterocycles. The Morgan fingerprint density at radius 2 is 2.06 bits per heavy atom. The van der Waals surface area contributed by atoms with Gasteiger partial charge in [0.15, 0.2) is 0 Å². The molecular formula is C14H28N2O. The van der Waals surface area contributed by atoms with Crippen LogP contribution in [0.3, 0.4) is 0 Å². The summed E-state index contributed by atoms with van der Waals surface area (Å²) in [5.41, 5.74) is 0.425. The first kappa shape index (κ1) is 13.3. The van der Waals surface area contributed by atoms with Crippen LogP contribution in [0.5, 0.6) is 0 Å². The lowest BCUT2D eigenvalue weighted by molar-refractivity contribution is 0.0250. The molecule has 1 N–H and O–H groups in total. The molecule has 0 saturated carbocycles. The number of hydrogen-bond donors (Lipinski definition) is 1. The second-order valence-corrected chi connectivity index (χ2v) is 6.08. The topological polar surface area (TPSA) is 24.5 Å². The molecule has 100 valence electrons. The Morgan fingerprint density at radius 1 is 1.29 bits per heavy atom. The molecule has 0 aromatic rings. The van der Waals surface area contributed by atoms with Crippen LogP contribution in [0.15, 0.2) is 0 Å². The van der Waals surface area contributed by atoms with Crippen LogP contribution in [-0.4, -0.2) is 49.3 Å². The van der Waals surface area contributed by atoms with Gasteiger partial charge in [0.05, 0.1) is 6.10 Å². The van der Waals surface area contributed by atoms with Gasteiger partial charge in [-0.3, -0.25) is 4.90 Å². The second kappa shape index (κ2) is 6.17. The summed E-state index contributed by atoms with van der Waals surface area (Å²) in [5, 5.41) is 3.37. The maximum Gasteiger partial charge on any atom is 0.0599 e. The number of rotatable bonds is 5. The zero-order valence-electron chi connectivity index (χ0n) is 11.5. The molecule has 2 fully saturated rings. The minimum absolute atomic E-state index is 0.425. The number of nitrogens with zero attached hydrogens (tertiary/aromatic N) is 1. The van der Waals surface area contributed by atoms with Gasteiger partial charge in [-0.15, -0.1) is 0 Å². The Morgan fingerprint density at radius 3 is 2.71 bits per heavy atom. The van der Waals surface area contributed by atoms with Crippen molar-refractivity contribution in [2.24, 2.45) is 0 Å². The maximum absolute atomic E-state index is 5.94. The van der Waals surface area contributed by atoms with Crippen LogP contribution in [0.2, 0.25) is 0 Å². The number of hydrogen-bond acceptors (Lipinski definition) is 3. The molecule has 17 heavy (non-hydrogen) atoms. The summed E-state index contributed by atoms with van der Waals surface area (Å²) in [4.78, 5) is 2.62. The smallest absolute Gasteiger partial charge is 0.0599 e. The van der Waals surface area contributed by atoms with Crippen LogP contribution < -0.4 is 5.32 Å². The van der Waals surface area contributed by atoms with Crippen LogP contribution in [0, 0.1) is 0 Å². The zero-order chi connectivity index (χ0) is 12.1. The molecule has 3 nitrogen and oxygen atoms in total. The predicted molar refractivity (Wildman–Crippen MR) is 71.3 cm³/mol. The van der Waals surface area contributed by atoms with E-state index in [4.69, 9.17) is 4.74 Å². The first-order chi connectivity index (χ1) is 8.18. The minimum Gasteiger partial charge on any atom is -0.378 e. The molecule has 2 heterocycles. The van der Waals surface area contributed by atoms with Crippen molar-refractivity contribution in [1.29, 1.82) is 0 Å². The minimum atomic E-state index is 0.425. The average molecular weight is 240 g/mol. The Labute approximate surface area is 106 Å². The summed E-state index contributed by atoms with van der Waals surface area (Å²) in [6.07, 6.45) is 6.80. The monoisotopic (exact) mass is 240 g/mol. The molecule has 2 rings (SSSR count). The van der Waals surface area contributed by atoms with E-state index in [1.807, 2.05) is 0 Å². The third-order valence-electron chi connectivity index (χ3n) is 4.28. The van der Waals surface area contributed by atoms with E-state index in [1.54, 1.807) is 0 Å². The van der Waals surface area contributed by atoms with E-state index in [0.717, 1.165) is 19.7 Å². The fraction of sp³-hybridized carbons (Fsp3) is 1.00. The van der Waals surface area contributed by atoms with Crippen molar-refractivity contribution >= 4 is 0 Å². The highest BCUT2D eigenvalue weighted by atomic mass is 16.5. The van der Waals surface area contributed by atoms with Crippen molar-refractivity contribution < 1.29 is 4.74 Å². The summed E-state index contributed by atoms with van der Waals surface area (Å²) in [6, 6.07) is 0. The summed E-state index contributed by atoms with van der Waals surface area (Å²) in [6.45, 7) is 10.4. The average Bonchev–Trinajstić information content (AvgIpc) is 2.66. The Balaban J connectivity index is 1.56. The quantitative estimate of drug-likeness (QED) is 0.744. The van der Waals surface area contributed by atoms with Crippen molar-refractivity contribution in [2.75, 3.05) is 32.8 Å². The van der Waals surface area contributed by atoms with Gasteiger partial charge in [0.25, 0.3) is 0 Å². The van der Waals surface area contributed by atoms with Gasteiger partial charge in [0.1, 0.15) is 0 Å². The lowest BCUT2D eigenvalue weighted by atomic mass is 10.0.